The average Bonchev–Trinajstić information content (AvgIpc) is 3.00. The summed E-state index contributed by atoms with van der Waals surface area (Å²) >= 11 is 0. The molecule has 0 radical (unpaired) electrons. The Balaban J connectivity index is 2.35. The Morgan fingerprint density at radius 1 is 1.38 bits per heavy atom. The maximum absolute atomic E-state index is 14.1. The van der Waals surface area contributed by atoms with Gasteiger partial charge in [0.2, 0.25) is 5.82 Å². The Morgan fingerprint density at radius 3 is 2.67 bits per heavy atom. The van der Waals surface area contributed by atoms with Crippen LogP contribution >= 0.6 is 0 Å². The fourth-order valence-corrected chi connectivity index (χ4v) is 2.38. The number of aliphatic hydroxyl groups excluding tert-OH is 1. The average molecular weight is 334 g/mol. The smallest absolute Gasteiger partial charge is 0.291 e. The zero-order chi connectivity index (χ0) is 17.7. The molecule has 1 aromatic carbocycles. The van der Waals surface area contributed by atoms with E-state index in [2.05, 4.69) is 15.4 Å². The van der Waals surface area contributed by atoms with Gasteiger partial charge in [0.25, 0.3) is 5.91 Å². The summed E-state index contributed by atoms with van der Waals surface area (Å²) < 4.78 is 15.5. The second-order valence-corrected chi connectivity index (χ2v) is 5.90. The van der Waals surface area contributed by atoms with Gasteiger partial charge in [-0.25, -0.2) is 14.1 Å². The Morgan fingerprint density at radius 2 is 2.08 bits per heavy atom. The Bertz CT molecular complexity index is 700. The molecule has 0 aliphatic heterocycles. The summed E-state index contributed by atoms with van der Waals surface area (Å²) in [6, 6.07) is 6.09. The Kier molecular flexibility index (Phi) is 6.03. The molecular weight excluding hydrogens is 311 g/mol. The first-order chi connectivity index (χ1) is 11.5. The SMILES string of the molecule is CCC(CCO)NC(=O)c1nc(C(C)C)n(-c2ccccc2F)n1. The summed E-state index contributed by atoms with van der Waals surface area (Å²) in [6.07, 6.45) is 1.16. The van der Waals surface area contributed by atoms with Crippen LogP contribution in [0.3, 0.4) is 0 Å². The molecule has 0 aliphatic rings. The van der Waals surface area contributed by atoms with Crippen molar-refractivity contribution in [1.29, 1.82) is 0 Å². The third-order valence-electron chi connectivity index (χ3n) is 3.74. The van der Waals surface area contributed by atoms with Crippen molar-refractivity contribution in [3.63, 3.8) is 0 Å². The van der Waals surface area contributed by atoms with Crippen LogP contribution < -0.4 is 5.32 Å². The molecule has 2 aromatic rings. The minimum atomic E-state index is -0.428. The van der Waals surface area contributed by atoms with Crippen LogP contribution in [0, 0.1) is 5.82 Å². The summed E-state index contributed by atoms with van der Waals surface area (Å²) in [5, 5.41) is 16.0. The fraction of sp³-hybridized carbons (Fsp3) is 0.471. The van der Waals surface area contributed by atoms with Crippen molar-refractivity contribution in [2.75, 3.05) is 6.61 Å². The number of halogens is 1. The third-order valence-corrected chi connectivity index (χ3v) is 3.74. The molecule has 0 spiro atoms. The van der Waals surface area contributed by atoms with Crippen molar-refractivity contribution in [1.82, 2.24) is 20.1 Å². The van der Waals surface area contributed by atoms with Crippen LogP contribution in [0.15, 0.2) is 24.3 Å². The summed E-state index contributed by atoms with van der Waals surface area (Å²) in [6.45, 7) is 5.73. The standard InChI is InChI=1S/C17H23FN4O2/c1-4-12(9-10-23)19-17(24)15-20-16(11(2)3)22(21-15)14-8-6-5-7-13(14)18/h5-8,11-12,23H,4,9-10H2,1-3H3,(H,19,24). The molecule has 7 heteroatoms. The van der Waals surface area contributed by atoms with E-state index in [1.54, 1.807) is 18.2 Å². The van der Waals surface area contributed by atoms with Gasteiger partial charge in [-0.1, -0.05) is 32.9 Å². The van der Waals surface area contributed by atoms with Gasteiger partial charge in [-0.05, 0) is 25.0 Å². The van der Waals surface area contributed by atoms with Gasteiger partial charge in [0.15, 0.2) is 0 Å². The number of aliphatic hydroxyl groups is 1. The molecule has 6 nitrogen and oxygen atoms in total. The largest absolute Gasteiger partial charge is 0.396 e. The maximum atomic E-state index is 14.1. The number of nitrogens with zero attached hydrogens (tertiary/aromatic N) is 3. The second-order valence-electron chi connectivity index (χ2n) is 5.90. The lowest BCUT2D eigenvalue weighted by atomic mass is 10.1. The molecule has 0 fully saturated rings. The summed E-state index contributed by atoms with van der Waals surface area (Å²) in [5.41, 5.74) is 0.259. The number of nitrogens with one attached hydrogen (secondary N) is 1. The van der Waals surface area contributed by atoms with Gasteiger partial charge in [0.05, 0.1) is 0 Å². The van der Waals surface area contributed by atoms with Crippen LogP contribution in [0.2, 0.25) is 0 Å². The highest BCUT2D eigenvalue weighted by atomic mass is 19.1. The van der Waals surface area contributed by atoms with Gasteiger partial charge >= 0.3 is 0 Å². The van der Waals surface area contributed by atoms with Gasteiger partial charge in [-0.15, -0.1) is 5.10 Å². The van der Waals surface area contributed by atoms with Crippen LogP contribution in [-0.2, 0) is 0 Å². The van der Waals surface area contributed by atoms with E-state index in [-0.39, 0.29) is 30.1 Å². The summed E-state index contributed by atoms with van der Waals surface area (Å²) in [5.74, 6) is -0.368. The van der Waals surface area contributed by atoms with Crippen molar-refractivity contribution >= 4 is 5.91 Å². The molecule has 1 heterocycles. The first kappa shape index (κ1) is 18.1. The lowest BCUT2D eigenvalue weighted by Gasteiger charge is -2.13. The van der Waals surface area contributed by atoms with Crippen molar-refractivity contribution in [2.24, 2.45) is 0 Å². The van der Waals surface area contributed by atoms with E-state index in [1.807, 2.05) is 20.8 Å². The predicted molar refractivity (Wildman–Crippen MR) is 88.7 cm³/mol. The number of para-hydroxylation sites is 1. The zero-order valence-corrected chi connectivity index (χ0v) is 14.2. The molecule has 130 valence electrons. The monoisotopic (exact) mass is 334 g/mol. The molecule has 1 unspecified atom stereocenters. The number of carbonyl (C=O) groups excluding carboxylic acids is 1. The van der Waals surface area contributed by atoms with Crippen molar-refractivity contribution in [2.45, 2.75) is 45.6 Å². The first-order valence-electron chi connectivity index (χ1n) is 8.11. The highest BCUT2D eigenvalue weighted by Crippen LogP contribution is 2.19. The van der Waals surface area contributed by atoms with E-state index in [0.717, 1.165) is 0 Å². The normalized spacial score (nSPS) is 12.4. The minimum absolute atomic E-state index is 0.00153. The minimum Gasteiger partial charge on any atom is -0.396 e. The molecule has 24 heavy (non-hydrogen) atoms. The predicted octanol–water partition coefficient (Wildman–Crippen LogP) is 2.42. The summed E-state index contributed by atoms with van der Waals surface area (Å²) in [7, 11) is 0. The number of benzene rings is 1. The summed E-state index contributed by atoms with van der Waals surface area (Å²) in [4.78, 5) is 16.7. The van der Waals surface area contributed by atoms with Crippen molar-refractivity contribution in [3.05, 3.63) is 41.7 Å². The molecule has 2 rings (SSSR count). The van der Waals surface area contributed by atoms with E-state index in [9.17, 15) is 9.18 Å². The van der Waals surface area contributed by atoms with E-state index < -0.39 is 11.7 Å². The molecule has 0 saturated carbocycles. The molecule has 1 aromatic heterocycles. The topological polar surface area (TPSA) is 80.0 Å². The highest BCUT2D eigenvalue weighted by molar-refractivity contribution is 5.90. The molecule has 1 amide bonds. The third kappa shape index (κ3) is 3.97. The van der Waals surface area contributed by atoms with Gasteiger partial charge in [-0.3, -0.25) is 4.79 Å². The highest BCUT2D eigenvalue weighted by Gasteiger charge is 2.22. The Hall–Kier alpha value is -2.28. The van der Waals surface area contributed by atoms with Gasteiger partial charge in [-0.2, -0.15) is 0 Å². The molecule has 0 aliphatic carbocycles. The molecule has 0 bridgehead atoms. The van der Waals surface area contributed by atoms with E-state index in [0.29, 0.717) is 18.7 Å². The Labute approximate surface area is 140 Å². The van der Waals surface area contributed by atoms with Gasteiger partial charge in [0, 0.05) is 18.6 Å². The second kappa shape index (κ2) is 8.01. The number of amides is 1. The lowest BCUT2D eigenvalue weighted by molar-refractivity contribution is 0.0918. The zero-order valence-electron chi connectivity index (χ0n) is 14.2. The van der Waals surface area contributed by atoms with Crippen LogP contribution in [0.1, 0.15) is 56.0 Å². The van der Waals surface area contributed by atoms with Gasteiger partial charge < -0.3 is 10.4 Å². The number of hydrogen-bond acceptors (Lipinski definition) is 4. The maximum Gasteiger partial charge on any atom is 0.291 e. The van der Waals surface area contributed by atoms with Gasteiger partial charge in [0.1, 0.15) is 17.3 Å². The van der Waals surface area contributed by atoms with Crippen LogP contribution in [-0.4, -0.2) is 38.4 Å². The number of aromatic nitrogens is 3. The van der Waals surface area contributed by atoms with Crippen LogP contribution in [0.4, 0.5) is 4.39 Å². The van der Waals surface area contributed by atoms with Crippen molar-refractivity contribution < 1.29 is 14.3 Å². The quantitative estimate of drug-likeness (QED) is 0.815. The molecule has 0 saturated heterocycles. The lowest BCUT2D eigenvalue weighted by Crippen LogP contribution is -2.35. The molecular formula is C17H23FN4O2. The first-order valence-corrected chi connectivity index (χ1v) is 8.11. The van der Waals surface area contributed by atoms with Crippen molar-refractivity contribution in [3.8, 4) is 5.69 Å². The fourth-order valence-electron chi connectivity index (χ4n) is 2.38. The van der Waals surface area contributed by atoms with E-state index >= 15 is 0 Å². The van der Waals surface area contributed by atoms with Crippen LogP contribution in [0.5, 0.6) is 0 Å². The van der Waals surface area contributed by atoms with Crippen LogP contribution in [0.25, 0.3) is 5.69 Å². The number of hydrogen-bond donors (Lipinski definition) is 2. The molecule has 2 N–H and O–H groups in total. The molecule has 1 atom stereocenters. The van der Waals surface area contributed by atoms with E-state index in [4.69, 9.17) is 5.11 Å². The number of rotatable bonds is 7. The number of carbonyl (C=O) groups is 1. The van der Waals surface area contributed by atoms with E-state index in [1.165, 1.54) is 10.7 Å².